The van der Waals surface area contributed by atoms with Gasteiger partial charge in [0.15, 0.2) is 0 Å². The Labute approximate surface area is 160 Å². The third kappa shape index (κ3) is 4.95. The molecule has 1 atom stereocenters. The molecule has 1 aliphatic heterocycles. The molecule has 2 heterocycles. The molecule has 0 amide bonds. The van der Waals surface area contributed by atoms with Gasteiger partial charge >= 0.3 is 0 Å². The van der Waals surface area contributed by atoms with Crippen LogP contribution in [0.2, 0.25) is 0 Å². The number of benzene rings is 1. The Morgan fingerprint density at radius 2 is 2.19 bits per heavy atom. The quantitative estimate of drug-likeness (QED) is 0.776. The zero-order valence-corrected chi connectivity index (χ0v) is 15.9. The Morgan fingerprint density at radius 3 is 2.96 bits per heavy atom. The number of nitrogens with one attached hydrogen (secondary N) is 1. The fourth-order valence-electron chi connectivity index (χ4n) is 3.62. The highest BCUT2D eigenvalue weighted by Gasteiger charge is 2.24. The van der Waals surface area contributed by atoms with Crippen molar-refractivity contribution in [3.8, 4) is 6.07 Å². The normalized spacial score (nSPS) is 16.8. The zero-order valence-electron chi connectivity index (χ0n) is 15.9. The summed E-state index contributed by atoms with van der Waals surface area (Å²) in [6.45, 7) is 3.29. The van der Waals surface area contributed by atoms with Crippen molar-refractivity contribution >= 4 is 17.5 Å². The summed E-state index contributed by atoms with van der Waals surface area (Å²) in [6, 6.07) is 11.9. The number of piperidine rings is 1. The number of hydrogen-bond donors (Lipinski definition) is 2. The van der Waals surface area contributed by atoms with Gasteiger partial charge in [-0.3, -0.25) is 0 Å². The number of aromatic nitrogens is 2. The highest BCUT2D eigenvalue weighted by atomic mass is 16.3. The van der Waals surface area contributed by atoms with Gasteiger partial charge in [0.25, 0.3) is 0 Å². The molecule has 0 spiro atoms. The van der Waals surface area contributed by atoms with Crippen molar-refractivity contribution in [2.45, 2.75) is 51.5 Å². The second kappa shape index (κ2) is 9.33. The van der Waals surface area contributed by atoms with Gasteiger partial charge < -0.3 is 15.3 Å². The highest BCUT2D eigenvalue weighted by molar-refractivity contribution is 5.58. The van der Waals surface area contributed by atoms with E-state index in [-0.39, 0.29) is 6.61 Å². The van der Waals surface area contributed by atoms with Gasteiger partial charge in [0.2, 0.25) is 5.95 Å². The first-order chi connectivity index (χ1) is 13.2. The molecule has 1 unspecified atom stereocenters. The number of anilines is 3. The van der Waals surface area contributed by atoms with Crippen molar-refractivity contribution in [2.24, 2.45) is 0 Å². The first-order valence-corrected chi connectivity index (χ1v) is 9.76. The molecule has 27 heavy (non-hydrogen) atoms. The van der Waals surface area contributed by atoms with E-state index in [1.165, 1.54) is 6.42 Å². The molecule has 2 aromatic rings. The predicted molar refractivity (Wildman–Crippen MR) is 107 cm³/mol. The second-order valence-corrected chi connectivity index (χ2v) is 6.96. The number of aliphatic hydroxyl groups excluding tert-OH is 1. The van der Waals surface area contributed by atoms with Crippen LogP contribution in [0.3, 0.4) is 0 Å². The van der Waals surface area contributed by atoms with Crippen molar-refractivity contribution in [1.82, 2.24) is 9.97 Å². The molecule has 1 aromatic heterocycles. The van der Waals surface area contributed by atoms with Crippen LogP contribution in [0.4, 0.5) is 17.5 Å². The summed E-state index contributed by atoms with van der Waals surface area (Å²) in [7, 11) is 0. The third-order valence-electron chi connectivity index (χ3n) is 4.90. The average molecular weight is 365 g/mol. The topological polar surface area (TPSA) is 85.1 Å². The average Bonchev–Trinajstić information content (AvgIpc) is 2.69. The van der Waals surface area contributed by atoms with Crippen LogP contribution in [0.15, 0.2) is 30.3 Å². The van der Waals surface area contributed by atoms with E-state index in [1.54, 1.807) is 12.1 Å². The minimum Gasteiger partial charge on any atom is -0.396 e. The lowest BCUT2D eigenvalue weighted by atomic mass is 9.99. The Kier molecular flexibility index (Phi) is 6.61. The van der Waals surface area contributed by atoms with Gasteiger partial charge in [-0.15, -0.1) is 0 Å². The minimum absolute atomic E-state index is 0.195. The molecule has 1 fully saturated rings. The van der Waals surface area contributed by atoms with E-state index in [0.717, 1.165) is 55.8 Å². The summed E-state index contributed by atoms with van der Waals surface area (Å²) in [5.74, 6) is 1.48. The van der Waals surface area contributed by atoms with Crippen LogP contribution in [-0.4, -0.2) is 34.3 Å². The van der Waals surface area contributed by atoms with Crippen LogP contribution in [0.25, 0.3) is 0 Å². The van der Waals surface area contributed by atoms with Gasteiger partial charge in [0.1, 0.15) is 5.82 Å². The highest BCUT2D eigenvalue weighted by Crippen LogP contribution is 2.27. The zero-order chi connectivity index (χ0) is 19.1. The van der Waals surface area contributed by atoms with Crippen molar-refractivity contribution in [3.05, 3.63) is 41.6 Å². The summed E-state index contributed by atoms with van der Waals surface area (Å²) in [4.78, 5) is 11.7. The summed E-state index contributed by atoms with van der Waals surface area (Å²) in [6.07, 6.45) is 6.09. The summed E-state index contributed by atoms with van der Waals surface area (Å²) >= 11 is 0. The maximum Gasteiger partial charge on any atom is 0.229 e. The summed E-state index contributed by atoms with van der Waals surface area (Å²) < 4.78 is 0. The molecule has 6 heteroatoms. The Balaban J connectivity index is 1.91. The van der Waals surface area contributed by atoms with Crippen LogP contribution in [0.5, 0.6) is 0 Å². The number of aryl methyl sites for hydroxylation is 1. The molecular formula is C21H27N5O. The van der Waals surface area contributed by atoms with Crippen molar-refractivity contribution in [3.63, 3.8) is 0 Å². The van der Waals surface area contributed by atoms with Gasteiger partial charge in [0.05, 0.1) is 11.6 Å². The molecule has 2 N–H and O–H groups in total. The summed E-state index contributed by atoms with van der Waals surface area (Å²) in [5, 5.41) is 21.8. The minimum atomic E-state index is 0.195. The molecule has 6 nitrogen and oxygen atoms in total. The number of nitriles is 1. The van der Waals surface area contributed by atoms with Crippen LogP contribution in [0, 0.1) is 11.3 Å². The smallest absolute Gasteiger partial charge is 0.229 e. The maximum atomic E-state index is 9.42. The molecule has 0 radical (unpaired) electrons. The lowest BCUT2D eigenvalue weighted by Crippen LogP contribution is -2.40. The SMILES string of the molecule is CCCc1cc(N2CCCCC2CCO)nc(Nc2cccc(C#N)c2)n1. The van der Waals surface area contributed by atoms with Crippen LogP contribution >= 0.6 is 0 Å². The lowest BCUT2D eigenvalue weighted by molar-refractivity contribution is 0.262. The molecule has 3 rings (SSSR count). The van der Waals surface area contributed by atoms with E-state index in [0.29, 0.717) is 17.6 Å². The van der Waals surface area contributed by atoms with E-state index in [4.69, 9.17) is 10.2 Å². The van der Waals surface area contributed by atoms with Crippen LogP contribution in [-0.2, 0) is 6.42 Å². The van der Waals surface area contributed by atoms with Crippen molar-refractivity contribution < 1.29 is 5.11 Å². The largest absolute Gasteiger partial charge is 0.396 e. The number of nitrogens with zero attached hydrogens (tertiary/aromatic N) is 4. The standard InChI is InChI=1S/C21H27N5O/c1-2-6-17-14-20(26-11-4-3-9-19(26)10-12-27)25-21(23-17)24-18-8-5-7-16(13-18)15-22/h5,7-8,13-14,19,27H,2-4,6,9-12H2,1H3,(H,23,24,25). The predicted octanol–water partition coefficient (Wildman–Crippen LogP) is 3.79. The second-order valence-electron chi connectivity index (χ2n) is 6.96. The van der Waals surface area contributed by atoms with E-state index < -0.39 is 0 Å². The third-order valence-corrected chi connectivity index (χ3v) is 4.90. The Hall–Kier alpha value is -2.65. The van der Waals surface area contributed by atoms with Crippen molar-refractivity contribution in [1.29, 1.82) is 5.26 Å². The Morgan fingerprint density at radius 1 is 1.30 bits per heavy atom. The number of rotatable bonds is 7. The van der Waals surface area contributed by atoms with E-state index in [2.05, 4.69) is 34.3 Å². The molecule has 1 aliphatic rings. The van der Waals surface area contributed by atoms with E-state index in [1.807, 2.05) is 12.1 Å². The molecule has 142 valence electrons. The molecular weight excluding hydrogens is 338 g/mol. The number of aliphatic hydroxyl groups is 1. The number of hydrogen-bond acceptors (Lipinski definition) is 6. The van der Waals surface area contributed by atoms with E-state index >= 15 is 0 Å². The van der Waals surface area contributed by atoms with Crippen LogP contribution in [0.1, 0.15) is 50.3 Å². The van der Waals surface area contributed by atoms with Gasteiger partial charge in [-0.25, -0.2) is 4.98 Å². The maximum absolute atomic E-state index is 9.42. The summed E-state index contributed by atoms with van der Waals surface area (Å²) in [5.41, 5.74) is 2.41. The monoisotopic (exact) mass is 365 g/mol. The molecule has 0 saturated carbocycles. The van der Waals surface area contributed by atoms with Crippen LogP contribution < -0.4 is 10.2 Å². The van der Waals surface area contributed by atoms with Gasteiger partial charge in [0, 0.05) is 36.6 Å². The first-order valence-electron chi connectivity index (χ1n) is 9.76. The molecule has 0 aliphatic carbocycles. The first kappa shape index (κ1) is 19.1. The fraction of sp³-hybridized carbons (Fsp3) is 0.476. The fourth-order valence-corrected chi connectivity index (χ4v) is 3.62. The lowest BCUT2D eigenvalue weighted by Gasteiger charge is -2.36. The van der Waals surface area contributed by atoms with Crippen molar-refractivity contribution in [2.75, 3.05) is 23.4 Å². The molecule has 1 saturated heterocycles. The van der Waals surface area contributed by atoms with E-state index in [9.17, 15) is 5.11 Å². The van der Waals surface area contributed by atoms with Gasteiger partial charge in [-0.05, 0) is 50.3 Å². The molecule has 0 bridgehead atoms. The molecule has 1 aromatic carbocycles. The van der Waals surface area contributed by atoms with Gasteiger partial charge in [-0.2, -0.15) is 10.2 Å². The van der Waals surface area contributed by atoms with Gasteiger partial charge in [-0.1, -0.05) is 19.4 Å². The Bertz CT molecular complexity index is 799.